The number of likely N-dealkylation sites (tertiary alicyclic amines) is 1. The number of piperidine rings is 1. The molecule has 1 unspecified atom stereocenters. The molecule has 0 N–H and O–H groups in total. The Bertz CT molecular complexity index is 169. The molecule has 1 aliphatic heterocycles. The summed E-state index contributed by atoms with van der Waals surface area (Å²) < 4.78 is 27.0. The minimum Gasteiger partial charge on any atom is -0.242 e. The van der Waals surface area contributed by atoms with Gasteiger partial charge in [0.25, 0.3) is 0 Å². The molecule has 1 saturated heterocycles. The van der Waals surface area contributed by atoms with E-state index in [2.05, 4.69) is 0 Å². The Balaban J connectivity index is 0.000000921. The van der Waals surface area contributed by atoms with Crippen LogP contribution in [0.4, 0.5) is 8.78 Å². The molecule has 1 heterocycles. The summed E-state index contributed by atoms with van der Waals surface area (Å²) >= 11 is 0. The Hall–Kier alpha value is -0.180. The Morgan fingerprint density at radius 1 is 1.33 bits per heavy atom. The smallest absolute Gasteiger partial charge is 0.242 e. The first-order chi connectivity index (χ1) is 6.97. The van der Waals surface area contributed by atoms with Gasteiger partial charge in [-0.15, -0.1) is 0 Å². The van der Waals surface area contributed by atoms with E-state index in [0.717, 1.165) is 12.8 Å². The molecule has 0 amide bonds. The molecule has 0 aromatic rings. The number of alkyl halides is 2. The molecule has 0 aliphatic carbocycles. The van der Waals surface area contributed by atoms with Crippen LogP contribution < -0.4 is 0 Å². The normalized spacial score (nSPS) is 26.0. The van der Waals surface area contributed by atoms with Crippen LogP contribution in [0.15, 0.2) is 0 Å². The quantitative estimate of drug-likeness (QED) is 0.633. The Morgan fingerprint density at radius 3 is 2.20 bits per heavy atom. The van der Waals surface area contributed by atoms with Gasteiger partial charge in [-0.25, -0.2) is 4.90 Å². The number of hydrogen-bond acceptors (Lipinski definition) is 1. The lowest BCUT2D eigenvalue weighted by Crippen LogP contribution is -2.51. The SMILES string of the molecule is CC.CCC1CCN(C(C)C)C(F)(F)C1. The molecule has 1 nitrogen and oxygen atoms in total. The third-order valence-corrected chi connectivity index (χ3v) is 2.93. The van der Waals surface area contributed by atoms with Crippen LogP contribution >= 0.6 is 0 Å². The zero-order valence-corrected chi connectivity index (χ0v) is 10.7. The third-order valence-electron chi connectivity index (χ3n) is 2.93. The van der Waals surface area contributed by atoms with Crippen LogP contribution in [-0.4, -0.2) is 23.5 Å². The average molecular weight is 221 g/mol. The maximum Gasteiger partial charge on any atom is 0.305 e. The van der Waals surface area contributed by atoms with Gasteiger partial charge in [-0.05, 0) is 26.2 Å². The maximum absolute atomic E-state index is 13.5. The fourth-order valence-electron chi connectivity index (χ4n) is 2.04. The maximum atomic E-state index is 13.5. The topological polar surface area (TPSA) is 3.24 Å². The van der Waals surface area contributed by atoms with E-state index in [1.165, 1.54) is 4.90 Å². The highest BCUT2D eigenvalue weighted by atomic mass is 19.3. The Labute approximate surface area is 92.8 Å². The lowest BCUT2D eigenvalue weighted by Gasteiger charge is -2.41. The van der Waals surface area contributed by atoms with Crippen molar-refractivity contribution in [2.24, 2.45) is 5.92 Å². The Kier molecular flexibility index (Phi) is 6.34. The van der Waals surface area contributed by atoms with Gasteiger partial charge in [-0.3, -0.25) is 0 Å². The molecule has 0 aromatic heterocycles. The van der Waals surface area contributed by atoms with Crippen LogP contribution in [0.2, 0.25) is 0 Å². The second-order valence-corrected chi connectivity index (χ2v) is 4.22. The van der Waals surface area contributed by atoms with Gasteiger partial charge in [0.1, 0.15) is 0 Å². The highest BCUT2D eigenvalue weighted by Gasteiger charge is 2.43. The van der Waals surface area contributed by atoms with Crippen LogP contribution in [0.5, 0.6) is 0 Å². The van der Waals surface area contributed by atoms with Gasteiger partial charge in [-0.1, -0.05) is 27.2 Å². The van der Waals surface area contributed by atoms with Gasteiger partial charge in [0.15, 0.2) is 0 Å². The molecule has 0 spiro atoms. The number of hydrogen-bond donors (Lipinski definition) is 0. The summed E-state index contributed by atoms with van der Waals surface area (Å²) in [7, 11) is 0. The summed E-state index contributed by atoms with van der Waals surface area (Å²) in [6, 6.07) is -2.62. The van der Waals surface area contributed by atoms with Crippen molar-refractivity contribution >= 4 is 0 Å². The van der Waals surface area contributed by atoms with Crippen LogP contribution in [0.1, 0.15) is 53.9 Å². The van der Waals surface area contributed by atoms with Gasteiger partial charge in [-0.2, -0.15) is 8.78 Å². The monoisotopic (exact) mass is 221 g/mol. The fourth-order valence-corrected chi connectivity index (χ4v) is 2.04. The molecule has 0 radical (unpaired) electrons. The average Bonchev–Trinajstić information content (AvgIpc) is 2.18. The molecule has 1 aliphatic rings. The van der Waals surface area contributed by atoms with E-state index >= 15 is 0 Å². The molecule has 92 valence electrons. The van der Waals surface area contributed by atoms with Crippen LogP contribution in [-0.2, 0) is 0 Å². The van der Waals surface area contributed by atoms with Crippen LogP contribution in [0.25, 0.3) is 0 Å². The standard InChI is InChI=1S/C10H19F2N.C2H6/c1-4-9-5-6-13(8(2)3)10(11,12)7-9;1-2/h8-9H,4-7H2,1-3H3;1-2H3. The van der Waals surface area contributed by atoms with Crippen molar-refractivity contribution < 1.29 is 8.78 Å². The molecule has 1 atom stereocenters. The Morgan fingerprint density at radius 2 is 1.87 bits per heavy atom. The summed E-state index contributed by atoms with van der Waals surface area (Å²) in [6.07, 6.45) is 1.84. The number of rotatable bonds is 2. The first kappa shape index (κ1) is 14.8. The van der Waals surface area contributed by atoms with Gasteiger partial charge in [0.2, 0.25) is 0 Å². The second kappa shape index (κ2) is 6.41. The zero-order chi connectivity index (χ0) is 12.1. The minimum atomic E-state index is -2.58. The molecular weight excluding hydrogens is 196 g/mol. The van der Waals surface area contributed by atoms with E-state index in [9.17, 15) is 8.78 Å². The second-order valence-electron chi connectivity index (χ2n) is 4.22. The van der Waals surface area contributed by atoms with Crippen molar-refractivity contribution in [3.05, 3.63) is 0 Å². The molecule has 3 heteroatoms. The van der Waals surface area contributed by atoms with Crippen molar-refractivity contribution in [1.82, 2.24) is 4.90 Å². The first-order valence-electron chi connectivity index (χ1n) is 6.12. The molecule has 15 heavy (non-hydrogen) atoms. The van der Waals surface area contributed by atoms with E-state index in [0.29, 0.717) is 6.54 Å². The van der Waals surface area contributed by atoms with E-state index in [4.69, 9.17) is 0 Å². The van der Waals surface area contributed by atoms with Crippen molar-refractivity contribution in [1.29, 1.82) is 0 Å². The third kappa shape index (κ3) is 4.06. The summed E-state index contributed by atoms with van der Waals surface area (Å²) in [4.78, 5) is 1.32. The molecular formula is C12H25F2N. The van der Waals surface area contributed by atoms with E-state index < -0.39 is 6.05 Å². The highest BCUT2D eigenvalue weighted by Crippen LogP contribution is 2.36. The van der Waals surface area contributed by atoms with Gasteiger partial charge in [0.05, 0.1) is 0 Å². The predicted molar refractivity (Wildman–Crippen MR) is 61.2 cm³/mol. The van der Waals surface area contributed by atoms with Gasteiger partial charge in [0, 0.05) is 19.0 Å². The number of halogens is 2. The summed E-state index contributed by atoms with van der Waals surface area (Å²) in [5.41, 5.74) is 0. The highest BCUT2D eigenvalue weighted by molar-refractivity contribution is 4.82. The lowest BCUT2D eigenvalue weighted by atomic mass is 9.92. The van der Waals surface area contributed by atoms with Crippen molar-refractivity contribution in [3.63, 3.8) is 0 Å². The molecule has 1 fully saturated rings. The van der Waals surface area contributed by atoms with Crippen LogP contribution in [0, 0.1) is 5.92 Å². The zero-order valence-electron chi connectivity index (χ0n) is 10.7. The molecule has 0 aromatic carbocycles. The fraction of sp³-hybridized carbons (Fsp3) is 1.00. The largest absolute Gasteiger partial charge is 0.305 e. The van der Waals surface area contributed by atoms with Gasteiger partial charge < -0.3 is 0 Å². The van der Waals surface area contributed by atoms with E-state index in [1.807, 2.05) is 34.6 Å². The molecule has 0 bridgehead atoms. The number of nitrogens with zero attached hydrogens (tertiary/aromatic N) is 1. The molecule has 1 rings (SSSR count). The van der Waals surface area contributed by atoms with Crippen molar-refractivity contribution in [3.8, 4) is 0 Å². The summed E-state index contributed by atoms with van der Waals surface area (Å²) in [5.74, 6) is 0.213. The van der Waals surface area contributed by atoms with Crippen molar-refractivity contribution in [2.45, 2.75) is 66.0 Å². The van der Waals surface area contributed by atoms with E-state index in [-0.39, 0.29) is 18.4 Å². The van der Waals surface area contributed by atoms with Crippen LogP contribution in [0.3, 0.4) is 0 Å². The molecule has 0 saturated carbocycles. The summed E-state index contributed by atoms with van der Waals surface area (Å²) in [5, 5.41) is 0. The lowest BCUT2D eigenvalue weighted by molar-refractivity contribution is -0.192. The first-order valence-corrected chi connectivity index (χ1v) is 6.12. The van der Waals surface area contributed by atoms with Crippen molar-refractivity contribution in [2.75, 3.05) is 6.54 Å². The summed E-state index contributed by atoms with van der Waals surface area (Å²) in [6.45, 7) is 10.2. The minimum absolute atomic E-state index is 0.0433. The predicted octanol–water partition coefficient (Wildman–Crippen LogP) is 4.14. The van der Waals surface area contributed by atoms with Gasteiger partial charge >= 0.3 is 6.05 Å². The van der Waals surface area contributed by atoms with E-state index in [1.54, 1.807) is 0 Å².